The Morgan fingerprint density at radius 3 is 1.25 bits per heavy atom. The fraction of sp³-hybridized carbons (Fsp3) is 0. The maximum Gasteiger partial charge on any atom is 0 e. The van der Waals surface area contributed by atoms with E-state index in [0.29, 0.717) is 13.3 Å². The normalized spacial score (nSPS) is 5.50. The number of hydrogen-bond donors (Lipinski definition) is 0. The smallest absolute Gasteiger partial charge is 0 e. The van der Waals surface area contributed by atoms with E-state index in [1.165, 1.54) is 0 Å². The molecule has 0 saturated heterocycles. The first-order valence-electron chi connectivity index (χ1n) is 0.309. The first-order valence-corrected chi connectivity index (χ1v) is 13.9. The van der Waals surface area contributed by atoms with Gasteiger partial charge in [-0.2, -0.15) is 0 Å². The van der Waals surface area contributed by atoms with Crippen LogP contribution in [0, 0.1) is 0 Å². The van der Waals surface area contributed by atoms with Crippen LogP contribution in [0.25, 0.3) is 0 Å². The molecule has 4 heteroatoms. The van der Waals surface area contributed by atoms with Crippen LogP contribution in [0.5, 0.6) is 0 Å². The van der Waals surface area contributed by atoms with Crippen molar-refractivity contribution in [1.29, 1.82) is 0 Å². The standard InChI is InChI=1S/HI3.Si/c1-3-2;/h3H;. The molecule has 0 atom stereocenters. The van der Waals surface area contributed by atoms with E-state index >= 15 is 0 Å². The van der Waals surface area contributed by atoms with Gasteiger partial charge in [-0.1, -0.05) is 0 Å². The Morgan fingerprint density at radius 1 is 1.25 bits per heavy atom. The monoisotopic (exact) mass is 410 g/mol. The van der Waals surface area contributed by atoms with Crippen molar-refractivity contribution >= 4 is 61.5 Å². The molecule has 4 heavy (non-hydrogen) atoms. The van der Waals surface area contributed by atoms with Gasteiger partial charge in [-0.05, 0) is 0 Å². The Balaban J connectivity index is 0. The van der Waals surface area contributed by atoms with Gasteiger partial charge in [0.1, 0.15) is 0 Å². The van der Waals surface area contributed by atoms with Crippen molar-refractivity contribution in [2.75, 3.05) is 0 Å². The van der Waals surface area contributed by atoms with E-state index in [1.54, 1.807) is 0 Å². The molecule has 0 heterocycles. The van der Waals surface area contributed by atoms with Crippen molar-refractivity contribution in [3.63, 3.8) is 0 Å². The predicted molar refractivity (Wildman–Crippen MR) is 49.2 cm³/mol. The van der Waals surface area contributed by atoms with Gasteiger partial charge in [0.05, 0.1) is 0 Å². The molecular formula is HI3Si. The Labute approximate surface area is 60.1 Å². The van der Waals surface area contributed by atoms with E-state index in [1.807, 2.05) is 0 Å². The van der Waals surface area contributed by atoms with E-state index in [2.05, 4.69) is 37.2 Å². The summed E-state index contributed by atoms with van der Waals surface area (Å²) in [5.41, 5.74) is 0. The van der Waals surface area contributed by atoms with Crippen LogP contribution < -0.4 is 0 Å². The molecule has 0 rings (SSSR count). The summed E-state index contributed by atoms with van der Waals surface area (Å²) in [7, 11) is 0. The van der Waals surface area contributed by atoms with Gasteiger partial charge >= 0.3 is 50.5 Å². The van der Waals surface area contributed by atoms with Crippen molar-refractivity contribution in [3.05, 3.63) is 0 Å². The molecule has 0 bridgehead atoms. The molecule has 0 nitrogen and oxygen atoms in total. The average molecular weight is 410 g/mol. The van der Waals surface area contributed by atoms with E-state index in [4.69, 9.17) is 0 Å². The molecule has 0 amide bonds. The zero-order valence-electron chi connectivity index (χ0n) is 1.66. The van der Waals surface area contributed by atoms with Crippen LogP contribution in [0.4, 0.5) is 0 Å². The Kier molecular flexibility index (Phi) is 21.8. The molecule has 4 radical (unpaired) electrons. The average Bonchev–Trinajstić information content (AvgIpc) is 0.918. The summed E-state index contributed by atoms with van der Waals surface area (Å²) in [5, 5.41) is 0. The molecule has 26 valence electrons. The fourth-order valence-electron chi connectivity index (χ4n) is 0. The summed E-state index contributed by atoms with van der Waals surface area (Å²) in [6.45, 7) is 0. The molecule has 0 aliphatic rings. The fourth-order valence-corrected chi connectivity index (χ4v) is 0. The van der Waals surface area contributed by atoms with E-state index in [9.17, 15) is 0 Å². The number of hydrogen-bond acceptors (Lipinski definition) is 0. The van der Waals surface area contributed by atoms with E-state index in [-0.39, 0.29) is 11.0 Å². The van der Waals surface area contributed by atoms with Crippen LogP contribution in [0.1, 0.15) is 0 Å². The topological polar surface area (TPSA) is 0 Å². The SMILES string of the molecule is I[IH]I.[Si]. The molecule has 0 spiro atoms. The minimum Gasteiger partial charge on any atom is 0 e. The van der Waals surface area contributed by atoms with Gasteiger partial charge in [-0.25, -0.2) is 0 Å². The van der Waals surface area contributed by atoms with Crippen LogP contribution in [-0.2, 0) is 0 Å². The largest absolute Gasteiger partial charge is 0 e. The van der Waals surface area contributed by atoms with Gasteiger partial charge in [0, 0.05) is 11.0 Å². The molecule has 0 unspecified atom stereocenters. The summed E-state index contributed by atoms with van der Waals surface area (Å²) < 4.78 is 0. The van der Waals surface area contributed by atoms with Crippen molar-refractivity contribution in [1.82, 2.24) is 0 Å². The molecule has 0 aliphatic carbocycles. The summed E-state index contributed by atoms with van der Waals surface area (Å²) in [4.78, 5) is 0. The van der Waals surface area contributed by atoms with E-state index < -0.39 is 0 Å². The summed E-state index contributed by atoms with van der Waals surface area (Å²) in [6, 6.07) is 0. The zero-order chi connectivity index (χ0) is 2.71. The van der Waals surface area contributed by atoms with Crippen LogP contribution in [0.2, 0.25) is 0 Å². The van der Waals surface area contributed by atoms with Crippen molar-refractivity contribution in [2.45, 2.75) is 0 Å². The molecule has 0 aromatic carbocycles. The third kappa shape index (κ3) is 8.83. The van der Waals surface area contributed by atoms with Crippen molar-refractivity contribution in [2.24, 2.45) is 0 Å². The molecule has 0 aromatic heterocycles. The Bertz CT molecular complexity index is 3.25. The van der Waals surface area contributed by atoms with Crippen LogP contribution in [-0.4, -0.2) is 11.0 Å². The van der Waals surface area contributed by atoms with Gasteiger partial charge in [0.2, 0.25) is 0 Å². The minimum absolute atomic E-state index is 0. The molecule has 0 aromatic rings. The van der Waals surface area contributed by atoms with E-state index in [0.717, 1.165) is 0 Å². The zero-order valence-corrected chi connectivity index (χ0v) is 9.31. The first kappa shape index (κ1) is 9.64. The van der Waals surface area contributed by atoms with Crippen molar-refractivity contribution < 1.29 is 0 Å². The quantitative estimate of drug-likeness (QED) is 0.424. The number of rotatable bonds is 0. The maximum atomic E-state index is 2.41. The second kappa shape index (κ2) is 9.05. The number of halogens is 3. The van der Waals surface area contributed by atoms with Crippen LogP contribution in [0.3, 0.4) is 0 Å². The van der Waals surface area contributed by atoms with Crippen molar-refractivity contribution in [3.8, 4) is 0 Å². The van der Waals surface area contributed by atoms with Crippen LogP contribution >= 0.6 is 50.5 Å². The summed E-state index contributed by atoms with van der Waals surface area (Å²) in [6.07, 6.45) is 0. The molecular weight excluding hydrogens is 409 g/mol. The molecule has 0 N–H and O–H groups in total. The predicted octanol–water partition coefficient (Wildman–Crippen LogP) is 2.01. The molecule has 0 saturated carbocycles. The summed E-state index contributed by atoms with van der Waals surface area (Å²) >= 11 is 5.22. The van der Waals surface area contributed by atoms with Gasteiger partial charge in [-0.15, -0.1) is 0 Å². The second-order valence-electron chi connectivity index (χ2n) is 0.0583. The Morgan fingerprint density at radius 2 is 1.25 bits per heavy atom. The van der Waals surface area contributed by atoms with Crippen LogP contribution in [0.15, 0.2) is 0 Å². The van der Waals surface area contributed by atoms with Gasteiger partial charge in [0.25, 0.3) is 0 Å². The van der Waals surface area contributed by atoms with Gasteiger partial charge in [-0.3, -0.25) is 0 Å². The second-order valence-corrected chi connectivity index (χ2v) is 17.6. The Hall–Kier alpha value is 2.41. The molecule has 0 fully saturated rings. The minimum atomic E-state index is 0. The first-order chi connectivity index (χ1) is 1.41. The maximum absolute atomic E-state index is 2.41. The third-order valence-electron chi connectivity index (χ3n) is 0. The van der Waals surface area contributed by atoms with Gasteiger partial charge < -0.3 is 0 Å². The molecule has 0 aliphatic heterocycles. The third-order valence-corrected chi connectivity index (χ3v) is 0. The summed E-state index contributed by atoms with van der Waals surface area (Å²) in [5.74, 6) is 0. The van der Waals surface area contributed by atoms with Gasteiger partial charge in [0.15, 0.2) is 0 Å².